The zero-order valence-corrected chi connectivity index (χ0v) is 13.2. The zero-order chi connectivity index (χ0) is 15.7. The van der Waals surface area contributed by atoms with Crippen LogP contribution in [0.4, 0.5) is 4.39 Å². The predicted molar refractivity (Wildman–Crippen MR) is 86.5 cm³/mol. The molecule has 0 amide bonds. The molecule has 0 spiro atoms. The normalized spacial score (nSPS) is 12.9. The molecule has 6 heteroatoms. The molecule has 114 valence electrons. The van der Waals surface area contributed by atoms with Crippen molar-refractivity contribution in [3.63, 3.8) is 0 Å². The second-order valence-corrected chi connectivity index (χ2v) is 6.21. The molecule has 0 fully saturated rings. The lowest BCUT2D eigenvalue weighted by Crippen LogP contribution is -2.24. The standard InChI is InChI=1S/C16H16FN3OS/c1-10(11-3-5-12(17)6-4-11)20(2)9-14-18-13-7-8-22-15(13)16(21)19-14/h3-8,10H,9H2,1-2H3,(H,18,19,21). The molecule has 0 saturated heterocycles. The van der Waals surface area contributed by atoms with Gasteiger partial charge in [0.15, 0.2) is 0 Å². The maximum atomic E-state index is 13.0. The molecule has 4 nitrogen and oxygen atoms in total. The van der Waals surface area contributed by atoms with Crippen molar-refractivity contribution in [1.82, 2.24) is 14.9 Å². The van der Waals surface area contributed by atoms with Crippen LogP contribution in [0.15, 0.2) is 40.5 Å². The minimum absolute atomic E-state index is 0.0871. The molecule has 0 bridgehead atoms. The van der Waals surface area contributed by atoms with Gasteiger partial charge in [0, 0.05) is 6.04 Å². The van der Waals surface area contributed by atoms with Gasteiger partial charge in [0.05, 0.1) is 12.1 Å². The van der Waals surface area contributed by atoms with E-state index in [4.69, 9.17) is 0 Å². The molecule has 2 aromatic heterocycles. The summed E-state index contributed by atoms with van der Waals surface area (Å²) in [5, 5.41) is 1.86. The van der Waals surface area contributed by atoms with E-state index in [1.54, 1.807) is 12.1 Å². The van der Waals surface area contributed by atoms with Crippen molar-refractivity contribution < 1.29 is 4.39 Å². The minimum Gasteiger partial charge on any atom is -0.308 e. The highest BCUT2D eigenvalue weighted by Crippen LogP contribution is 2.21. The lowest BCUT2D eigenvalue weighted by Gasteiger charge is -2.24. The van der Waals surface area contributed by atoms with Gasteiger partial charge in [0.1, 0.15) is 16.3 Å². The summed E-state index contributed by atoms with van der Waals surface area (Å²) < 4.78 is 13.6. The third kappa shape index (κ3) is 2.93. The van der Waals surface area contributed by atoms with E-state index in [0.717, 1.165) is 11.1 Å². The van der Waals surface area contributed by atoms with Gasteiger partial charge in [-0.3, -0.25) is 9.69 Å². The first-order valence-corrected chi connectivity index (χ1v) is 7.84. The molecule has 1 unspecified atom stereocenters. The summed E-state index contributed by atoms with van der Waals surface area (Å²) in [4.78, 5) is 21.3. The topological polar surface area (TPSA) is 49.0 Å². The van der Waals surface area contributed by atoms with Crippen LogP contribution in [0.1, 0.15) is 24.4 Å². The molecule has 0 saturated carbocycles. The lowest BCUT2D eigenvalue weighted by atomic mass is 10.1. The van der Waals surface area contributed by atoms with Crippen LogP contribution in [0.5, 0.6) is 0 Å². The van der Waals surface area contributed by atoms with Crippen LogP contribution < -0.4 is 5.56 Å². The van der Waals surface area contributed by atoms with Crippen molar-refractivity contribution in [2.45, 2.75) is 19.5 Å². The number of fused-ring (bicyclic) bond motifs is 1. The highest BCUT2D eigenvalue weighted by molar-refractivity contribution is 7.17. The fourth-order valence-corrected chi connectivity index (χ4v) is 3.09. The van der Waals surface area contributed by atoms with Gasteiger partial charge in [0.2, 0.25) is 0 Å². The van der Waals surface area contributed by atoms with E-state index in [0.29, 0.717) is 17.1 Å². The molecule has 2 heterocycles. The van der Waals surface area contributed by atoms with E-state index in [9.17, 15) is 9.18 Å². The van der Waals surface area contributed by atoms with E-state index < -0.39 is 0 Å². The average molecular weight is 317 g/mol. The number of benzene rings is 1. The average Bonchev–Trinajstić information content (AvgIpc) is 2.96. The first-order chi connectivity index (χ1) is 10.5. The second kappa shape index (κ2) is 5.98. The zero-order valence-electron chi connectivity index (χ0n) is 12.3. The third-order valence-corrected chi connectivity index (χ3v) is 4.68. The summed E-state index contributed by atoms with van der Waals surface area (Å²) in [6.07, 6.45) is 0. The third-order valence-electron chi connectivity index (χ3n) is 3.78. The summed E-state index contributed by atoms with van der Waals surface area (Å²) in [6, 6.07) is 8.39. The highest BCUT2D eigenvalue weighted by Gasteiger charge is 2.14. The number of nitrogens with one attached hydrogen (secondary N) is 1. The number of nitrogens with zero attached hydrogens (tertiary/aromatic N) is 2. The van der Waals surface area contributed by atoms with Crippen LogP contribution in [0.25, 0.3) is 10.2 Å². The lowest BCUT2D eigenvalue weighted by molar-refractivity contribution is 0.247. The summed E-state index contributed by atoms with van der Waals surface area (Å²) >= 11 is 1.39. The van der Waals surface area contributed by atoms with Crippen LogP contribution >= 0.6 is 11.3 Å². The number of hydrogen-bond donors (Lipinski definition) is 1. The van der Waals surface area contributed by atoms with Crippen molar-refractivity contribution in [2.24, 2.45) is 0 Å². The van der Waals surface area contributed by atoms with E-state index in [1.807, 2.05) is 25.4 Å². The van der Waals surface area contributed by atoms with Crippen molar-refractivity contribution in [1.29, 1.82) is 0 Å². The molecule has 0 aliphatic heterocycles. The van der Waals surface area contributed by atoms with Gasteiger partial charge in [-0.1, -0.05) is 12.1 Å². The highest BCUT2D eigenvalue weighted by atomic mass is 32.1. The molecule has 0 aliphatic rings. The summed E-state index contributed by atoms with van der Waals surface area (Å²) in [6.45, 7) is 2.55. The van der Waals surface area contributed by atoms with Crippen LogP contribution in [-0.4, -0.2) is 21.9 Å². The van der Waals surface area contributed by atoms with Gasteiger partial charge in [-0.25, -0.2) is 9.37 Å². The molecule has 1 atom stereocenters. The monoisotopic (exact) mass is 317 g/mol. The summed E-state index contributed by atoms with van der Waals surface area (Å²) in [5.41, 5.74) is 1.65. The van der Waals surface area contributed by atoms with Gasteiger partial charge < -0.3 is 4.98 Å². The number of halogens is 1. The number of aromatic nitrogens is 2. The first kappa shape index (κ1) is 14.9. The van der Waals surface area contributed by atoms with Gasteiger partial charge in [-0.05, 0) is 43.1 Å². The quantitative estimate of drug-likeness (QED) is 0.803. The largest absolute Gasteiger partial charge is 0.308 e. The Labute approximate surface area is 131 Å². The maximum Gasteiger partial charge on any atom is 0.268 e. The Morgan fingerprint density at radius 2 is 2.05 bits per heavy atom. The van der Waals surface area contributed by atoms with Crippen LogP contribution in [0, 0.1) is 5.82 Å². The molecule has 3 aromatic rings. The number of thiophene rings is 1. The molecule has 1 N–H and O–H groups in total. The SMILES string of the molecule is CC(c1ccc(F)cc1)N(C)Cc1nc2ccsc2c(=O)[nH]1. The Kier molecular flexibility index (Phi) is 4.04. The maximum absolute atomic E-state index is 13.0. The molecule has 3 rings (SSSR count). The Morgan fingerprint density at radius 1 is 1.32 bits per heavy atom. The first-order valence-electron chi connectivity index (χ1n) is 6.96. The second-order valence-electron chi connectivity index (χ2n) is 5.29. The number of H-pyrrole nitrogens is 1. The predicted octanol–water partition coefficient (Wildman–Crippen LogP) is 3.32. The molecule has 0 aliphatic carbocycles. The number of rotatable bonds is 4. The van der Waals surface area contributed by atoms with E-state index >= 15 is 0 Å². The van der Waals surface area contributed by atoms with Gasteiger partial charge in [-0.2, -0.15) is 0 Å². The molecular weight excluding hydrogens is 301 g/mol. The fourth-order valence-electron chi connectivity index (χ4n) is 2.37. The molecule has 0 radical (unpaired) electrons. The van der Waals surface area contributed by atoms with Crippen molar-refractivity contribution in [3.05, 3.63) is 63.3 Å². The van der Waals surface area contributed by atoms with Crippen LogP contribution in [0.2, 0.25) is 0 Å². The number of aromatic amines is 1. The summed E-state index contributed by atoms with van der Waals surface area (Å²) in [7, 11) is 1.95. The minimum atomic E-state index is -0.243. The Hall–Kier alpha value is -2.05. The van der Waals surface area contributed by atoms with Gasteiger partial charge >= 0.3 is 0 Å². The van der Waals surface area contributed by atoms with Crippen molar-refractivity contribution in [2.75, 3.05) is 7.05 Å². The van der Waals surface area contributed by atoms with E-state index in [2.05, 4.69) is 14.9 Å². The van der Waals surface area contributed by atoms with E-state index in [1.165, 1.54) is 23.5 Å². The Bertz CT molecular complexity index is 840. The molecular formula is C16H16FN3OS. The van der Waals surface area contributed by atoms with Crippen molar-refractivity contribution in [3.8, 4) is 0 Å². The molecule has 1 aromatic carbocycles. The Balaban J connectivity index is 1.81. The van der Waals surface area contributed by atoms with Crippen LogP contribution in [-0.2, 0) is 6.54 Å². The number of hydrogen-bond acceptors (Lipinski definition) is 4. The smallest absolute Gasteiger partial charge is 0.268 e. The van der Waals surface area contributed by atoms with E-state index in [-0.39, 0.29) is 17.4 Å². The molecule has 22 heavy (non-hydrogen) atoms. The Morgan fingerprint density at radius 3 is 2.77 bits per heavy atom. The van der Waals surface area contributed by atoms with Gasteiger partial charge in [-0.15, -0.1) is 11.3 Å². The van der Waals surface area contributed by atoms with Gasteiger partial charge in [0.25, 0.3) is 5.56 Å². The van der Waals surface area contributed by atoms with Crippen LogP contribution in [0.3, 0.4) is 0 Å². The summed E-state index contributed by atoms with van der Waals surface area (Å²) in [5.74, 6) is 0.389. The van der Waals surface area contributed by atoms with Crippen molar-refractivity contribution >= 4 is 21.6 Å². The fraction of sp³-hybridized carbons (Fsp3) is 0.250.